The van der Waals surface area contributed by atoms with Crippen molar-refractivity contribution in [2.24, 2.45) is 0 Å². The van der Waals surface area contributed by atoms with E-state index >= 15 is 0 Å². The van der Waals surface area contributed by atoms with E-state index in [1.54, 1.807) is 0 Å². The zero-order valence-electron chi connectivity index (χ0n) is 6.23. The van der Waals surface area contributed by atoms with Crippen LogP contribution in [-0.2, 0) is 4.74 Å². The fourth-order valence-corrected chi connectivity index (χ4v) is 1.36. The van der Waals surface area contributed by atoms with E-state index in [2.05, 4.69) is 6.92 Å². The lowest BCUT2D eigenvalue weighted by Crippen LogP contribution is -2.18. The van der Waals surface area contributed by atoms with Crippen molar-refractivity contribution in [2.75, 3.05) is 6.61 Å². The van der Waals surface area contributed by atoms with Gasteiger partial charge in [0.25, 0.3) is 0 Å². The van der Waals surface area contributed by atoms with E-state index in [0.717, 1.165) is 6.61 Å². The maximum absolute atomic E-state index is 5.52. The van der Waals surface area contributed by atoms with Crippen LogP contribution < -0.4 is 0 Å². The van der Waals surface area contributed by atoms with Crippen molar-refractivity contribution >= 4 is 0 Å². The molecule has 1 heteroatoms. The Morgan fingerprint density at radius 3 is 2.89 bits per heavy atom. The summed E-state index contributed by atoms with van der Waals surface area (Å²) in [5.74, 6) is 0. The third-order valence-electron chi connectivity index (χ3n) is 1.88. The highest BCUT2D eigenvalue weighted by Gasteiger charge is 2.11. The van der Waals surface area contributed by atoms with Gasteiger partial charge in [0.1, 0.15) is 0 Å². The summed E-state index contributed by atoms with van der Waals surface area (Å²) in [6.07, 6.45) is 7.09. The fourth-order valence-electron chi connectivity index (χ4n) is 1.36. The molecule has 1 rings (SSSR count). The molecule has 0 aliphatic carbocycles. The highest BCUT2D eigenvalue weighted by atomic mass is 16.5. The predicted molar refractivity (Wildman–Crippen MR) is 38.5 cm³/mol. The van der Waals surface area contributed by atoms with Gasteiger partial charge >= 0.3 is 0 Å². The monoisotopic (exact) mass is 128 g/mol. The molecule has 1 saturated heterocycles. The van der Waals surface area contributed by atoms with Crippen molar-refractivity contribution in [1.29, 1.82) is 0 Å². The average molecular weight is 128 g/mol. The molecular weight excluding hydrogens is 112 g/mol. The molecule has 1 heterocycles. The Balaban J connectivity index is 2.08. The Bertz CT molecular complexity index is 62.2. The Morgan fingerprint density at radius 2 is 2.33 bits per heavy atom. The summed E-state index contributed by atoms with van der Waals surface area (Å²) >= 11 is 0. The van der Waals surface area contributed by atoms with Crippen molar-refractivity contribution in [2.45, 2.75) is 45.1 Å². The first-order valence-corrected chi connectivity index (χ1v) is 4.05. The zero-order valence-corrected chi connectivity index (χ0v) is 6.23. The van der Waals surface area contributed by atoms with Crippen molar-refractivity contribution < 1.29 is 4.74 Å². The van der Waals surface area contributed by atoms with Crippen molar-refractivity contribution in [1.82, 2.24) is 0 Å². The molecule has 1 fully saturated rings. The van der Waals surface area contributed by atoms with Gasteiger partial charge in [0.05, 0.1) is 6.10 Å². The van der Waals surface area contributed by atoms with Crippen LogP contribution in [0.4, 0.5) is 0 Å². The largest absolute Gasteiger partial charge is 0.378 e. The summed E-state index contributed by atoms with van der Waals surface area (Å²) in [6.45, 7) is 3.22. The highest BCUT2D eigenvalue weighted by molar-refractivity contribution is 4.61. The summed E-state index contributed by atoms with van der Waals surface area (Å²) in [6, 6.07) is 0. The molecule has 0 unspecified atom stereocenters. The van der Waals surface area contributed by atoms with Crippen LogP contribution in [0.15, 0.2) is 0 Å². The zero-order chi connectivity index (χ0) is 6.53. The van der Waals surface area contributed by atoms with Crippen molar-refractivity contribution in [3.63, 3.8) is 0 Å². The SMILES string of the molecule is CCC[C@@H]1CCCCO1. The first-order valence-electron chi connectivity index (χ1n) is 4.05. The molecular formula is C8H16O. The maximum atomic E-state index is 5.52. The van der Waals surface area contributed by atoms with Crippen LogP contribution in [-0.4, -0.2) is 12.7 Å². The molecule has 0 N–H and O–H groups in total. The highest BCUT2D eigenvalue weighted by Crippen LogP contribution is 2.16. The molecule has 0 bridgehead atoms. The molecule has 1 aliphatic heterocycles. The Kier molecular flexibility index (Phi) is 3.05. The number of rotatable bonds is 2. The van der Waals surface area contributed by atoms with Crippen LogP contribution in [0, 0.1) is 0 Å². The topological polar surface area (TPSA) is 9.23 Å². The lowest BCUT2D eigenvalue weighted by molar-refractivity contribution is 0.0109. The lowest BCUT2D eigenvalue weighted by atomic mass is 10.1. The number of hydrogen-bond acceptors (Lipinski definition) is 1. The second-order valence-electron chi connectivity index (χ2n) is 2.78. The number of ether oxygens (including phenoxy) is 1. The van der Waals surface area contributed by atoms with E-state index in [1.807, 2.05) is 0 Å². The molecule has 0 amide bonds. The van der Waals surface area contributed by atoms with Gasteiger partial charge in [-0.2, -0.15) is 0 Å². The molecule has 0 spiro atoms. The predicted octanol–water partition coefficient (Wildman–Crippen LogP) is 2.36. The molecule has 9 heavy (non-hydrogen) atoms. The van der Waals surface area contributed by atoms with Crippen LogP contribution in [0.5, 0.6) is 0 Å². The first kappa shape index (κ1) is 7.07. The molecule has 0 saturated carbocycles. The van der Waals surface area contributed by atoms with E-state index in [4.69, 9.17) is 4.74 Å². The molecule has 0 aromatic rings. The normalized spacial score (nSPS) is 28.3. The summed E-state index contributed by atoms with van der Waals surface area (Å²) in [5, 5.41) is 0. The van der Waals surface area contributed by atoms with Gasteiger partial charge in [-0.25, -0.2) is 0 Å². The third kappa shape index (κ3) is 2.35. The standard InChI is InChI=1S/C8H16O/c1-2-5-8-6-3-4-7-9-8/h8H,2-7H2,1H3/t8-/m1/s1. The molecule has 54 valence electrons. The van der Waals surface area contributed by atoms with Crippen LogP contribution >= 0.6 is 0 Å². The van der Waals surface area contributed by atoms with Crippen LogP contribution in [0.2, 0.25) is 0 Å². The van der Waals surface area contributed by atoms with E-state index in [9.17, 15) is 0 Å². The summed E-state index contributed by atoms with van der Waals surface area (Å²) in [5.41, 5.74) is 0. The van der Waals surface area contributed by atoms with Crippen molar-refractivity contribution in [3.8, 4) is 0 Å². The molecule has 0 radical (unpaired) electrons. The fraction of sp³-hybridized carbons (Fsp3) is 1.00. The second-order valence-corrected chi connectivity index (χ2v) is 2.78. The van der Waals surface area contributed by atoms with Gasteiger partial charge in [-0.3, -0.25) is 0 Å². The number of hydrogen-bond donors (Lipinski definition) is 0. The Hall–Kier alpha value is -0.0400. The van der Waals surface area contributed by atoms with Gasteiger partial charge in [-0.1, -0.05) is 13.3 Å². The maximum Gasteiger partial charge on any atom is 0.0575 e. The Morgan fingerprint density at radius 1 is 1.44 bits per heavy atom. The van der Waals surface area contributed by atoms with Gasteiger partial charge < -0.3 is 4.74 Å². The third-order valence-corrected chi connectivity index (χ3v) is 1.88. The summed E-state index contributed by atoms with van der Waals surface area (Å²) in [7, 11) is 0. The van der Waals surface area contributed by atoms with E-state index in [1.165, 1.54) is 32.1 Å². The van der Waals surface area contributed by atoms with E-state index in [-0.39, 0.29) is 0 Å². The van der Waals surface area contributed by atoms with Crippen LogP contribution in [0.1, 0.15) is 39.0 Å². The molecule has 1 atom stereocenters. The minimum absolute atomic E-state index is 0.601. The van der Waals surface area contributed by atoms with E-state index in [0.29, 0.717) is 6.10 Å². The molecule has 0 aromatic carbocycles. The van der Waals surface area contributed by atoms with Crippen molar-refractivity contribution in [3.05, 3.63) is 0 Å². The first-order chi connectivity index (χ1) is 4.43. The molecule has 1 aliphatic rings. The minimum Gasteiger partial charge on any atom is -0.378 e. The molecule has 0 aromatic heterocycles. The van der Waals surface area contributed by atoms with Gasteiger partial charge in [0.2, 0.25) is 0 Å². The second kappa shape index (κ2) is 3.89. The smallest absolute Gasteiger partial charge is 0.0575 e. The van der Waals surface area contributed by atoms with Gasteiger partial charge in [-0.15, -0.1) is 0 Å². The summed E-state index contributed by atoms with van der Waals surface area (Å²) < 4.78 is 5.52. The quantitative estimate of drug-likeness (QED) is 0.554. The van der Waals surface area contributed by atoms with Gasteiger partial charge in [-0.05, 0) is 25.7 Å². The lowest BCUT2D eigenvalue weighted by Gasteiger charge is -2.21. The van der Waals surface area contributed by atoms with Crippen LogP contribution in [0.25, 0.3) is 0 Å². The van der Waals surface area contributed by atoms with E-state index < -0.39 is 0 Å². The van der Waals surface area contributed by atoms with Gasteiger partial charge in [0, 0.05) is 6.61 Å². The minimum atomic E-state index is 0.601. The van der Waals surface area contributed by atoms with Crippen LogP contribution in [0.3, 0.4) is 0 Å². The average Bonchev–Trinajstić information content (AvgIpc) is 1.91. The Labute approximate surface area is 57.4 Å². The van der Waals surface area contributed by atoms with Gasteiger partial charge in [0.15, 0.2) is 0 Å². The molecule has 1 nitrogen and oxygen atoms in total. The summed E-state index contributed by atoms with van der Waals surface area (Å²) in [4.78, 5) is 0.